The van der Waals surface area contributed by atoms with E-state index in [2.05, 4.69) is 52.9 Å². The molecule has 0 amide bonds. The van der Waals surface area contributed by atoms with Gasteiger partial charge in [0.05, 0.1) is 18.4 Å². The van der Waals surface area contributed by atoms with Crippen molar-refractivity contribution in [1.82, 2.24) is 0 Å². The first-order chi connectivity index (χ1) is 8.11. The van der Waals surface area contributed by atoms with Crippen LogP contribution in [0.25, 0.3) is 0 Å². The summed E-state index contributed by atoms with van der Waals surface area (Å²) in [5.41, 5.74) is 2.36. The normalized spacial score (nSPS) is 25.1. The van der Waals surface area contributed by atoms with Crippen LogP contribution in [0.5, 0.6) is 0 Å². The summed E-state index contributed by atoms with van der Waals surface area (Å²) >= 11 is 9.46. The molecule has 4 heteroatoms. The van der Waals surface area contributed by atoms with Gasteiger partial charge in [-0.05, 0) is 47.5 Å². The smallest absolute Gasteiger partial charge is 0.0723 e. The van der Waals surface area contributed by atoms with E-state index in [0.29, 0.717) is 11.9 Å². The Kier molecular flexibility index (Phi) is 4.34. The van der Waals surface area contributed by atoms with Crippen molar-refractivity contribution in [1.29, 1.82) is 0 Å². The molecule has 0 bridgehead atoms. The molecule has 1 heterocycles. The molecule has 1 aliphatic rings. The van der Waals surface area contributed by atoms with Crippen LogP contribution < -0.4 is 4.90 Å². The molecule has 0 radical (unpaired) electrons. The number of morpholine rings is 1. The maximum atomic E-state index is 5.83. The third-order valence-corrected chi connectivity index (χ3v) is 4.03. The summed E-state index contributed by atoms with van der Waals surface area (Å²) in [4.78, 5) is 2.39. The molecule has 1 aromatic rings. The van der Waals surface area contributed by atoms with Crippen molar-refractivity contribution in [2.24, 2.45) is 0 Å². The van der Waals surface area contributed by atoms with Gasteiger partial charge >= 0.3 is 0 Å². The highest BCUT2D eigenvalue weighted by atomic mass is 79.9. The molecule has 0 aliphatic carbocycles. The lowest BCUT2D eigenvalue weighted by molar-refractivity contribution is 0.0343. The fourth-order valence-corrected chi connectivity index (χ4v) is 2.93. The van der Waals surface area contributed by atoms with Crippen LogP contribution in [0.3, 0.4) is 0 Å². The van der Waals surface area contributed by atoms with Crippen molar-refractivity contribution in [3.05, 3.63) is 28.2 Å². The zero-order valence-corrected chi connectivity index (χ0v) is 12.5. The van der Waals surface area contributed by atoms with E-state index in [9.17, 15) is 0 Å². The van der Waals surface area contributed by atoms with Gasteiger partial charge in [-0.3, -0.25) is 0 Å². The first kappa shape index (κ1) is 13.2. The predicted octanol–water partition coefficient (Wildman–Crippen LogP) is 3.80. The van der Waals surface area contributed by atoms with Gasteiger partial charge in [-0.2, -0.15) is 0 Å². The van der Waals surface area contributed by atoms with E-state index in [1.165, 1.54) is 5.69 Å². The molecule has 1 fully saturated rings. The van der Waals surface area contributed by atoms with Gasteiger partial charge in [0.25, 0.3) is 0 Å². The molecule has 0 N–H and O–H groups in total. The Morgan fingerprint density at radius 3 is 2.88 bits per heavy atom. The minimum atomic E-state index is 0.283. The number of hydrogen-bond donors (Lipinski definition) is 0. The van der Waals surface area contributed by atoms with Crippen molar-refractivity contribution in [2.75, 3.05) is 18.1 Å². The van der Waals surface area contributed by atoms with Crippen molar-refractivity contribution >= 4 is 33.2 Å². The van der Waals surface area contributed by atoms with E-state index in [-0.39, 0.29) is 6.10 Å². The zero-order chi connectivity index (χ0) is 12.4. The van der Waals surface area contributed by atoms with Crippen molar-refractivity contribution < 1.29 is 4.74 Å². The topological polar surface area (TPSA) is 12.5 Å². The summed E-state index contributed by atoms with van der Waals surface area (Å²) in [5, 5.41) is 0. The van der Waals surface area contributed by atoms with Crippen LogP contribution in [0.2, 0.25) is 0 Å². The Balaban J connectivity index is 2.26. The predicted molar refractivity (Wildman–Crippen MR) is 75.9 cm³/mol. The molecule has 0 spiro atoms. The second-order valence-electron chi connectivity index (χ2n) is 4.56. The van der Waals surface area contributed by atoms with Gasteiger partial charge in [0, 0.05) is 22.9 Å². The minimum Gasteiger partial charge on any atom is -0.375 e. The average molecular weight is 319 g/mol. The Morgan fingerprint density at radius 2 is 2.24 bits per heavy atom. The molecule has 2 unspecified atom stereocenters. The molecule has 2 atom stereocenters. The Hall–Kier alpha value is -0.250. The molecule has 1 saturated heterocycles. The number of nitrogens with zero attached hydrogens (tertiary/aromatic N) is 1. The van der Waals surface area contributed by atoms with Gasteiger partial charge in [-0.15, -0.1) is 11.6 Å². The van der Waals surface area contributed by atoms with Gasteiger partial charge in [0.1, 0.15) is 0 Å². The third kappa shape index (κ3) is 2.95. The molecule has 2 rings (SSSR count). The van der Waals surface area contributed by atoms with Crippen LogP contribution in [0.4, 0.5) is 5.69 Å². The molecule has 0 saturated carbocycles. The van der Waals surface area contributed by atoms with Gasteiger partial charge in [0.2, 0.25) is 0 Å². The molecular weight excluding hydrogens is 302 g/mol. The van der Waals surface area contributed by atoms with Crippen molar-refractivity contribution in [2.45, 2.75) is 31.9 Å². The van der Waals surface area contributed by atoms with Gasteiger partial charge in [-0.1, -0.05) is 6.07 Å². The molecule has 1 aliphatic heterocycles. The summed E-state index contributed by atoms with van der Waals surface area (Å²) in [6, 6.07) is 6.72. The van der Waals surface area contributed by atoms with Gasteiger partial charge < -0.3 is 9.64 Å². The molecule has 17 heavy (non-hydrogen) atoms. The van der Waals surface area contributed by atoms with Crippen LogP contribution in [-0.4, -0.2) is 25.3 Å². The van der Waals surface area contributed by atoms with Crippen molar-refractivity contribution in [3.8, 4) is 0 Å². The highest BCUT2D eigenvalue weighted by Gasteiger charge is 2.24. The lowest BCUT2D eigenvalue weighted by atomic mass is 10.1. The van der Waals surface area contributed by atoms with E-state index in [0.717, 1.165) is 23.2 Å². The van der Waals surface area contributed by atoms with E-state index in [1.807, 2.05) is 0 Å². The monoisotopic (exact) mass is 317 g/mol. The second kappa shape index (κ2) is 5.59. The van der Waals surface area contributed by atoms with Crippen molar-refractivity contribution in [3.63, 3.8) is 0 Å². The van der Waals surface area contributed by atoms with Crippen LogP contribution >= 0.6 is 27.5 Å². The quantitative estimate of drug-likeness (QED) is 0.769. The number of ether oxygens (including phenoxy) is 1. The number of alkyl halides is 1. The Bertz CT molecular complexity index is 399. The highest BCUT2D eigenvalue weighted by Crippen LogP contribution is 2.31. The van der Waals surface area contributed by atoms with E-state index in [1.54, 1.807) is 0 Å². The van der Waals surface area contributed by atoms with Crippen LogP contribution in [0.15, 0.2) is 22.7 Å². The molecule has 2 nitrogen and oxygen atoms in total. The second-order valence-corrected chi connectivity index (χ2v) is 5.69. The average Bonchev–Trinajstić information content (AvgIpc) is 2.32. The summed E-state index contributed by atoms with van der Waals surface area (Å²) in [6.07, 6.45) is 0.283. The van der Waals surface area contributed by atoms with Crippen LogP contribution in [0.1, 0.15) is 19.4 Å². The Labute approximate surface area is 116 Å². The summed E-state index contributed by atoms with van der Waals surface area (Å²) in [5.74, 6) is 0.550. The Morgan fingerprint density at radius 1 is 1.47 bits per heavy atom. The summed E-state index contributed by atoms with van der Waals surface area (Å²) in [6.45, 7) is 6.01. The standard InChI is InChI=1S/C13H17BrClNO/c1-9-8-17-10(2)7-16(9)13-4-3-11(6-15)5-12(13)14/h3-5,9-10H,6-8H2,1-2H3. The SMILES string of the molecule is CC1CN(c2ccc(CCl)cc2Br)C(C)CO1. The maximum Gasteiger partial charge on any atom is 0.0723 e. The third-order valence-electron chi connectivity index (χ3n) is 3.08. The zero-order valence-electron chi connectivity index (χ0n) is 10.1. The molecule has 94 valence electrons. The van der Waals surface area contributed by atoms with Crippen LogP contribution in [-0.2, 0) is 10.6 Å². The first-order valence-corrected chi connectivity index (χ1v) is 7.17. The van der Waals surface area contributed by atoms with E-state index >= 15 is 0 Å². The fraction of sp³-hybridized carbons (Fsp3) is 0.538. The largest absolute Gasteiger partial charge is 0.375 e. The number of hydrogen-bond acceptors (Lipinski definition) is 2. The number of halogens is 2. The summed E-state index contributed by atoms with van der Waals surface area (Å²) < 4.78 is 6.76. The maximum absolute atomic E-state index is 5.83. The minimum absolute atomic E-state index is 0.283. The van der Waals surface area contributed by atoms with E-state index < -0.39 is 0 Å². The number of rotatable bonds is 2. The number of benzene rings is 1. The van der Waals surface area contributed by atoms with Gasteiger partial charge in [-0.25, -0.2) is 0 Å². The molecule has 1 aromatic carbocycles. The highest BCUT2D eigenvalue weighted by molar-refractivity contribution is 9.10. The first-order valence-electron chi connectivity index (χ1n) is 5.84. The lowest BCUT2D eigenvalue weighted by Crippen LogP contribution is -2.47. The summed E-state index contributed by atoms with van der Waals surface area (Å²) in [7, 11) is 0. The molecular formula is C13H17BrClNO. The van der Waals surface area contributed by atoms with E-state index in [4.69, 9.17) is 16.3 Å². The van der Waals surface area contributed by atoms with Gasteiger partial charge in [0.15, 0.2) is 0 Å². The number of anilines is 1. The lowest BCUT2D eigenvalue weighted by Gasteiger charge is -2.39. The fourth-order valence-electron chi connectivity index (χ4n) is 2.11. The van der Waals surface area contributed by atoms with Crippen LogP contribution in [0, 0.1) is 0 Å². The molecule has 0 aromatic heterocycles.